The van der Waals surface area contributed by atoms with Gasteiger partial charge in [-0.3, -0.25) is 4.68 Å². The first kappa shape index (κ1) is 19.8. The molecule has 0 saturated heterocycles. The number of fused-ring (bicyclic) bond motifs is 1. The van der Waals surface area contributed by atoms with Gasteiger partial charge in [0.25, 0.3) is 0 Å². The number of aromatic nitrogens is 4. The number of hydrogen-bond acceptors (Lipinski definition) is 4. The second kappa shape index (κ2) is 8.11. The maximum absolute atomic E-state index is 6.69. The molecule has 1 aromatic carbocycles. The van der Waals surface area contributed by atoms with Gasteiger partial charge in [0.2, 0.25) is 0 Å². The average Bonchev–Trinajstić information content (AvgIpc) is 3.28. The van der Waals surface area contributed by atoms with Crippen molar-refractivity contribution in [1.29, 1.82) is 0 Å². The van der Waals surface area contributed by atoms with Crippen molar-refractivity contribution in [2.45, 2.75) is 46.6 Å². The first-order valence-corrected chi connectivity index (χ1v) is 10.7. The zero-order chi connectivity index (χ0) is 20.5. The Bertz CT molecular complexity index is 968. The Morgan fingerprint density at radius 3 is 2.79 bits per heavy atom. The highest BCUT2D eigenvalue weighted by molar-refractivity contribution is 6.33. The second-order valence-electron chi connectivity index (χ2n) is 7.87. The molecule has 0 fully saturated rings. The molecule has 154 valence electrons. The summed E-state index contributed by atoms with van der Waals surface area (Å²) in [5.74, 6) is 3.19. The van der Waals surface area contributed by atoms with E-state index in [2.05, 4.69) is 46.6 Å². The summed E-state index contributed by atoms with van der Waals surface area (Å²) >= 11 is 6.69. The van der Waals surface area contributed by atoms with E-state index < -0.39 is 0 Å². The lowest BCUT2D eigenvalue weighted by Crippen LogP contribution is -2.29. The summed E-state index contributed by atoms with van der Waals surface area (Å²) in [7, 11) is 2.04. The Kier molecular flexibility index (Phi) is 5.54. The fourth-order valence-electron chi connectivity index (χ4n) is 4.46. The molecule has 0 unspecified atom stereocenters. The number of H-pyrrole nitrogens is 1. The van der Waals surface area contributed by atoms with Crippen molar-refractivity contribution in [2.75, 3.05) is 22.9 Å². The molecule has 0 spiro atoms. The summed E-state index contributed by atoms with van der Waals surface area (Å²) in [5, 5.41) is 5.75. The Balaban J connectivity index is 1.77. The molecular weight excluding hydrogens is 384 g/mol. The lowest BCUT2D eigenvalue weighted by Gasteiger charge is -2.31. The molecule has 0 atom stereocenters. The summed E-state index contributed by atoms with van der Waals surface area (Å²) < 4.78 is 2.03. The van der Waals surface area contributed by atoms with Crippen LogP contribution >= 0.6 is 11.6 Å². The summed E-state index contributed by atoms with van der Waals surface area (Å²) in [6, 6.07) is 4.24. The van der Waals surface area contributed by atoms with Crippen molar-refractivity contribution in [2.24, 2.45) is 7.05 Å². The third kappa shape index (κ3) is 3.73. The van der Waals surface area contributed by atoms with Crippen LogP contribution in [0.1, 0.15) is 42.3 Å². The number of aromatic amines is 1. The number of nitrogens with zero attached hydrogens (tertiary/aromatic N) is 5. The maximum atomic E-state index is 6.69. The minimum Gasteiger partial charge on any atom is -0.349 e. The maximum Gasteiger partial charge on any atom is 0.160 e. The van der Waals surface area contributed by atoms with Crippen molar-refractivity contribution in [3.05, 3.63) is 52.1 Å². The topological polar surface area (TPSA) is 53.0 Å². The van der Waals surface area contributed by atoms with E-state index in [-0.39, 0.29) is 0 Å². The molecule has 0 amide bonds. The minimum absolute atomic E-state index is 0.747. The number of nitrogens with one attached hydrogen (secondary N) is 1. The zero-order valence-corrected chi connectivity index (χ0v) is 18.4. The Labute approximate surface area is 177 Å². The summed E-state index contributed by atoms with van der Waals surface area (Å²) in [4.78, 5) is 12.3. The molecule has 2 aromatic heterocycles. The summed E-state index contributed by atoms with van der Waals surface area (Å²) in [6.45, 7) is 9.06. The first-order valence-electron chi connectivity index (χ1n) is 10.3. The lowest BCUT2D eigenvalue weighted by atomic mass is 10.0. The Morgan fingerprint density at radius 1 is 1.28 bits per heavy atom. The van der Waals surface area contributed by atoms with Gasteiger partial charge < -0.3 is 14.8 Å². The molecule has 1 aliphatic heterocycles. The normalized spacial score (nSPS) is 13.6. The molecule has 7 heteroatoms. The largest absolute Gasteiger partial charge is 0.349 e. The van der Waals surface area contributed by atoms with Crippen molar-refractivity contribution < 1.29 is 0 Å². The third-order valence-corrected chi connectivity index (χ3v) is 5.80. The van der Waals surface area contributed by atoms with Crippen molar-refractivity contribution in [1.82, 2.24) is 19.7 Å². The van der Waals surface area contributed by atoms with Gasteiger partial charge >= 0.3 is 0 Å². The molecule has 0 bridgehead atoms. The standard InChI is InChI=1S/C22H29ClN6/c1-5-10-28(14-19-24-8-9-25-19)22-17-7-6-11-29(21(17)26-27(22)4)20-16(3)12-15(2)13-18(20)23/h8-9,12-13H,5-7,10-11,14H2,1-4H3,(H,24,25). The van der Waals surface area contributed by atoms with Gasteiger partial charge in [-0.05, 0) is 50.3 Å². The van der Waals surface area contributed by atoms with Crippen LogP contribution in [-0.4, -0.2) is 32.8 Å². The number of halogens is 1. The van der Waals surface area contributed by atoms with E-state index >= 15 is 0 Å². The molecule has 0 radical (unpaired) electrons. The fraction of sp³-hybridized carbons (Fsp3) is 0.455. The van der Waals surface area contributed by atoms with E-state index in [4.69, 9.17) is 16.7 Å². The number of rotatable bonds is 6. The molecule has 1 N–H and O–H groups in total. The molecule has 4 rings (SSSR count). The van der Waals surface area contributed by atoms with Crippen LogP contribution < -0.4 is 9.80 Å². The van der Waals surface area contributed by atoms with E-state index in [1.807, 2.05) is 30.2 Å². The van der Waals surface area contributed by atoms with Gasteiger partial charge in [0.1, 0.15) is 11.6 Å². The SMILES string of the molecule is CCCN(Cc1ncc[nH]1)c1c2c(nn1C)N(c1c(C)cc(C)cc1Cl)CCC2. The van der Waals surface area contributed by atoms with Gasteiger partial charge in [-0.25, -0.2) is 4.98 Å². The molecule has 6 nitrogen and oxygen atoms in total. The predicted octanol–water partition coefficient (Wildman–Crippen LogP) is 4.91. The van der Waals surface area contributed by atoms with Crippen molar-refractivity contribution >= 4 is 28.9 Å². The van der Waals surface area contributed by atoms with Gasteiger partial charge in [-0.1, -0.05) is 24.6 Å². The average molecular weight is 413 g/mol. The van der Waals surface area contributed by atoms with Gasteiger partial charge in [-0.15, -0.1) is 0 Å². The van der Waals surface area contributed by atoms with Crippen LogP contribution in [0.25, 0.3) is 0 Å². The van der Waals surface area contributed by atoms with Crippen molar-refractivity contribution in [3.8, 4) is 0 Å². The number of aryl methyl sites for hydroxylation is 3. The highest BCUT2D eigenvalue weighted by Gasteiger charge is 2.30. The van der Waals surface area contributed by atoms with Gasteiger partial charge in [-0.2, -0.15) is 5.10 Å². The molecule has 29 heavy (non-hydrogen) atoms. The van der Waals surface area contributed by atoms with E-state index in [1.165, 1.54) is 22.5 Å². The monoisotopic (exact) mass is 412 g/mol. The molecule has 0 saturated carbocycles. The van der Waals surface area contributed by atoms with E-state index in [0.29, 0.717) is 0 Å². The third-order valence-electron chi connectivity index (χ3n) is 5.51. The summed E-state index contributed by atoms with van der Waals surface area (Å²) in [5.41, 5.74) is 4.75. The second-order valence-corrected chi connectivity index (χ2v) is 8.28. The predicted molar refractivity (Wildman–Crippen MR) is 119 cm³/mol. The number of benzene rings is 1. The number of imidazole rings is 1. The van der Waals surface area contributed by atoms with Crippen LogP contribution in [-0.2, 0) is 20.0 Å². The Morgan fingerprint density at radius 2 is 2.10 bits per heavy atom. The number of anilines is 3. The minimum atomic E-state index is 0.747. The summed E-state index contributed by atoms with van der Waals surface area (Å²) in [6.07, 6.45) is 6.85. The zero-order valence-electron chi connectivity index (χ0n) is 17.7. The van der Waals surface area contributed by atoms with Gasteiger partial charge in [0.05, 0.1) is 17.3 Å². The smallest absolute Gasteiger partial charge is 0.160 e. The fourth-order valence-corrected chi connectivity index (χ4v) is 4.89. The van der Waals surface area contributed by atoms with Crippen LogP contribution in [0.4, 0.5) is 17.3 Å². The highest BCUT2D eigenvalue weighted by Crippen LogP contribution is 2.42. The molecule has 3 aromatic rings. The van der Waals surface area contributed by atoms with E-state index in [1.54, 1.807) is 0 Å². The molecule has 0 aliphatic carbocycles. The quantitative estimate of drug-likeness (QED) is 0.624. The van der Waals surface area contributed by atoms with Crippen molar-refractivity contribution in [3.63, 3.8) is 0 Å². The molecule has 3 heterocycles. The van der Waals surface area contributed by atoms with E-state index in [0.717, 1.165) is 61.2 Å². The Hall–Kier alpha value is -2.47. The van der Waals surface area contributed by atoms with Crippen LogP contribution in [0, 0.1) is 13.8 Å². The van der Waals surface area contributed by atoms with Gasteiger partial charge in [0.15, 0.2) is 5.82 Å². The molecule has 1 aliphatic rings. The van der Waals surface area contributed by atoms with E-state index in [9.17, 15) is 0 Å². The first-order chi connectivity index (χ1) is 14.0. The number of hydrogen-bond donors (Lipinski definition) is 1. The van der Waals surface area contributed by atoms with Crippen LogP contribution in [0.2, 0.25) is 5.02 Å². The molecular formula is C22H29ClN6. The van der Waals surface area contributed by atoms with Crippen LogP contribution in [0.15, 0.2) is 24.5 Å². The van der Waals surface area contributed by atoms with Crippen LogP contribution in [0.5, 0.6) is 0 Å². The van der Waals surface area contributed by atoms with Crippen LogP contribution in [0.3, 0.4) is 0 Å². The lowest BCUT2D eigenvalue weighted by molar-refractivity contribution is 0.675. The van der Waals surface area contributed by atoms with Gasteiger partial charge in [0, 0.05) is 38.1 Å². The highest BCUT2D eigenvalue weighted by atomic mass is 35.5.